The van der Waals surface area contributed by atoms with Gasteiger partial charge in [-0.25, -0.2) is 4.39 Å². The summed E-state index contributed by atoms with van der Waals surface area (Å²) in [6.07, 6.45) is 3.32. The first-order valence-corrected chi connectivity index (χ1v) is 6.25. The fourth-order valence-corrected chi connectivity index (χ4v) is 1.86. The molecule has 2 heterocycles. The van der Waals surface area contributed by atoms with Crippen molar-refractivity contribution in [3.8, 4) is 11.3 Å². The van der Waals surface area contributed by atoms with Gasteiger partial charge in [-0.05, 0) is 36.4 Å². The number of aromatic amines is 1. The van der Waals surface area contributed by atoms with E-state index in [2.05, 4.69) is 20.5 Å². The zero-order chi connectivity index (χ0) is 14.7. The lowest BCUT2D eigenvalue weighted by molar-refractivity contribution is 0.102. The minimum absolute atomic E-state index is 0.290. The van der Waals surface area contributed by atoms with E-state index in [0.717, 1.165) is 5.56 Å². The molecular weight excluding hydrogens is 271 g/mol. The van der Waals surface area contributed by atoms with Gasteiger partial charge in [0.1, 0.15) is 11.5 Å². The van der Waals surface area contributed by atoms with E-state index < -0.39 is 5.82 Å². The Morgan fingerprint density at radius 1 is 1.19 bits per heavy atom. The maximum Gasteiger partial charge on any atom is 0.273 e. The second kappa shape index (κ2) is 5.54. The number of nitrogens with zero attached hydrogens (tertiary/aromatic N) is 2. The van der Waals surface area contributed by atoms with Crippen LogP contribution in [0.5, 0.6) is 0 Å². The van der Waals surface area contributed by atoms with Crippen LogP contribution in [0.1, 0.15) is 10.5 Å². The van der Waals surface area contributed by atoms with Crippen LogP contribution in [0.2, 0.25) is 0 Å². The lowest BCUT2D eigenvalue weighted by Gasteiger charge is -2.02. The summed E-state index contributed by atoms with van der Waals surface area (Å²) in [5, 5.41) is 9.32. The Kier molecular flexibility index (Phi) is 3.42. The summed E-state index contributed by atoms with van der Waals surface area (Å²) in [6, 6.07) is 10.9. The number of carbonyl (C=O) groups is 1. The predicted molar refractivity (Wildman–Crippen MR) is 76.2 cm³/mol. The molecular formula is C15H11FN4O. The average Bonchev–Trinajstić information content (AvgIpc) is 2.98. The molecule has 0 spiro atoms. The molecule has 6 heteroatoms. The number of hydrogen-bond donors (Lipinski definition) is 2. The number of pyridine rings is 1. The molecule has 2 aromatic heterocycles. The number of aromatic nitrogens is 3. The highest BCUT2D eigenvalue weighted by atomic mass is 19.1. The van der Waals surface area contributed by atoms with Crippen molar-refractivity contribution >= 4 is 11.6 Å². The van der Waals surface area contributed by atoms with E-state index in [1.807, 2.05) is 6.07 Å². The zero-order valence-corrected chi connectivity index (χ0v) is 10.9. The second-order valence-corrected chi connectivity index (χ2v) is 4.37. The van der Waals surface area contributed by atoms with E-state index >= 15 is 0 Å². The summed E-state index contributed by atoms with van der Waals surface area (Å²) in [4.78, 5) is 16.0. The van der Waals surface area contributed by atoms with Crippen molar-refractivity contribution in [2.45, 2.75) is 0 Å². The Balaban J connectivity index is 1.78. The fourth-order valence-electron chi connectivity index (χ4n) is 1.86. The minimum atomic E-state index is -0.409. The summed E-state index contributed by atoms with van der Waals surface area (Å²) in [5.41, 5.74) is 2.10. The third-order valence-electron chi connectivity index (χ3n) is 2.86. The number of nitrogens with one attached hydrogen (secondary N) is 2. The number of carbonyl (C=O) groups excluding carboxylic acids is 1. The highest BCUT2D eigenvalue weighted by Crippen LogP contribution is 2.17. The quantitative estimate of drug-likeness (QED) is 0.776. The predicted octanol–water partition coefficient (Wildman–Crippen LogP) is 2.86. The molecule has 0 radical (unpaired) electrons. The first-order chi connectivity index (χ1) is 10.2. The van der Waals surface area contributed by atoms with Crippen molar-refractivity contribution in [1.82, 2.24) is 15.2 Å². The van der Waals surface area contributed by atoms with Crippen molar-refractivity contribution < 1.29 is 9.18 Å². The molecule has 5 nitrogen and oxygen atoms in total. The van der Waals surface area contributed by atoms with Crippen molar-refractivity contribution in [2.75, 3.05) is 5.32 Å². The number of amides is 1. The smallest absolute Gasteiger partial charge is 0.273 e. The Hall–Kier alpha value is -3.02. The second-order valence-electron chi connectivity index (χ2n) is 4.37. The van der Waals surface area contributed by atoms with Gasteiger partial charge in [0.15, 0.2) is 0 Å². The van der Waals surface area contributed by atoms with E-state index in [0.29, 0.717) is 11.4 Å². The topological polar surface area (TPSA) is 70.7 Å². The summed E-state index contributed by atoms with van der Waals surface area (Å²) >= 11 is 0. The molecule has 2 N–H and O–H groups in total. The molecule has 0 bridgehead atoms. The van der Waals surface area contributed by atoms with Crippen LogP contribution in [-0.2, 0) is 0 Å². The highest BCUT2D eigenvalue weighted by Gasteiger charge is 2.11. The molecule has 0 unspecified atom stereocenters. The SMILES string of the molecule is O=C(Nc1cccc(F)c1)c1cc(-c2cccnc2)n[nH]1. The van der Waals surface area contributed by atoms with Gasteiger partial charge in [0, 0.05) is 23.6 Å². The maximum absolute atomic E-state index is 13.1. The van der Waals surface area contributed by atoms with Crippen LogP contribution in [0.25, 0.3) is 11.3 Å². The molecule has 0 saturated carbocycles. The van der Waals surface area contributed by atoms with Crippen LogP contribution in [0.15, 0.2) is 54.9 Å². The lowest BCUT2D eigenvalue weighted by Crippen LogP contribution is -2.12. The number of anilines is 1. The monoisotopic (exact) mass is 282 g/mol. The van der Waals surface area contributed by atoms with Gasteiger partial charge in [-0.3, -0.25) is 14.9 Å². The fraction of sp³-hybridized carbons (Fsp3) is 0. The molecule has 3 rings (SSSR count). The number of benzene rings is 1. The summed E-state index contributed by atoms with van der Waals surface area (Å²) < 4.78 is 13.1. The standard InChI is InChI=1S/C15H11FN4O/c16-11-4-1-5-12(7-11)18-15(21)14-8-13(19-20-14)10-3-2-6-17-9-10/h1-9H,(H,18,21)(H,19,20). The van der Waals surface area contributed by atoms with Gasteiger partial charge < -0.3 is 5.32 Å². The largest absolute Gasteiger partial charge is 0.321 e. The van der Waals surface area contributed by atoms with Gasteiger partial charge in [0.2, 0.25) is 0 Å². The van der Waals surface area contributed by atoms with Crippen molar-refractivity contribution in [2.24, 2.45) is 0 Å². The van der Waals surface area contributed by atoms with Gasteiger partial charge in [-0.1, -0.05) is 6.07 Å². The Morgan fingerprint density at radius 3 is 2.86 bits per heavy atom. The van der Waals surface area contributed by atoms with E-state index in [-0.39, 0.29) is 11.6 Å². The zero-order valence-electron chi connectivity index (χ0n) is 10.9. The molecule has 0 saturated heterocycles. The molecule has 21 heavy (non-hydrogen) atoms. The van der Waals surface area contributed by atoms with E-state index in [1.165, 1.54) is 18.2 Å². The van der Waals surface area contributed by atoms with Crippen molar-refractivity contribution in [1.29, 1.82) is 0 Å². The molecule has 3 aromatic rings. The Bertz CT molecular complexity index is 770. The minimum Gasteiger partial charge on any atom is -0.321 e. The van der Waals surface area contributed by atoms with Crippen LogP contribution >= 0.6 is 0 Å². The van der Waals surface area contributed by atoms with Crippen LogP contribution in [0.3, 0.4) is 0 Å². The lowest BCUT2D eigenvalue weighted by atomic mass is 10.2. The van der Waals surface area contributed by atoms with E-state index in [9.17, 15) is 9.18 Å². The first-order valence-electron chi connectivity index (χ1n) is 6.25. The molecule has 0 fully saturated rings. The van der Waals surface area contributed by atoms with Crippen LogP contribution in [0.4, 0.5) is 10.1 Å². The first kappa shape index (κ1) is 13.0. The summed E-state index contributed by atoms with van der Waals surface area (Å²) in [5.74, 6) is -0.795. The summed E-state index contributed by atoms with van der Waals surface area (Å²) in [7, 11) is 0. The third kappa shape index (κ3) is 2.94. The molecule has 0 aliphatic carbocycles. The van der Waals surface area contributed by atoms with E-state index in [1.54, 1.807) is 30.6 Å². The third-order valence-corrected chi connectivity index (χ3v) is 2.86. The summed E-state index contributed by atoms with van der Waals surface area (Å²) in [6.45, 7) is 0. The maximum atomic E-state index is 13.1. The number of halogens is 1. The normalized spacial score (nSPS) is 10.3. The molecule has 0 aliphatic rings. The van der Waals surface area contributed by atoms with Crippen molar-refractivity contribution in [3.63, 3.8) is 0 Å². The highest BCUT2D eigenvalue weighted by molar-refractivity contribution is 6.03. The molecule has 1 aromatic carbocycles. The Morgan fingerprint density at radius 2 is 2.10 bits per heavy atom. The van der Waals surface area contributed by atoms with Crippen LogP contribution in [0, 0.1) is 5.82 Å². The van der Waals surface area contributed by atoms with Gasteiger partial charge in [-0.15, -0.1) is 0 Å². The molecule has 0 aliphatic heterocycles. The van der Waals surface area contributed by atoms with Crippen LogP contribution < -0.4 is 5.32 Å². The van der Waals surface area contributed by atoms with Crippen LogP contribution in [-0.4, -0.2) is 21.1 Å². The molecule has 0 atom stereocenters. The number of H-pyrrole nitrogens is 1. The van der Waals surface area contributed by atoms with Gasteiger partial charge in [0.25, 0.3) is 5.91 Å². The molecule has 104 valence electrons. The van der Waals surface area contributed by atoms with Gasteiger partial charge in [0.05, 0.1) is 5.69 Å². The number of rotatable bonds is 3. The Labute approximate surface area is 119 Å². The average molecular weight is 282 g/mol. The van der Waals surface area contributed by atoms with E-state index in [4.69, 9.17) is 0 Å². The van der Waals surface area contributed by atoms with Gasteiger partial charge in [-0.2, -0.15) is 5.10 Å². The molecule has 1 amide bonds. The van der Waals surface area contributed by atoms with Crippen molar-refractivity contribution in [3.05, 3.63) is 66.4 Å². The number of hydrogen-bond acceptors (Lipinski definition) is 3. The van der Waals surface area contributed by atoms with Gasteiger partial charge >= 0.3 is 0 Å².